The smallest absolute Gasteiger partial charge is 0.331 e. The lowest BCUT2D eigenvalue weighted by molar-refractivity contribution is -0.0893. The zero-order valence-corrected chi connectivity index (χ0v) is 15.4. The van der Waals surface area contributed by atoms with Crippen molar-refractivity contribution < 1.29 is 14.2 Å². The molecule has 0 saturated heterocycles. The van der Waals surface area contributed by atoms with Crippen LogP contribution in [-0.2, 0) is 4.65 Å². The Labute approximate surface area is 153 Å². The molecule has 0 amide bonds. The van der Waals surface area contributed by atoms with Crippen molar-refractivity contribution in [3.8, 4) is 0 Å². The van der Waals surface area contributed by atoms with Crippen LogP contribution in [0.15, 0.2) is 53.1 Å². The molecule has 0 spiro atoms. The van der Waals surface area contributed by atoms with Gasteiger partial charge in [-0.25, -0.2) is 0 Å². The molecule has 131 valence electrons. The van der Waals surface area contributed by atoms with Gasteiger partial charge in [-0.05, 0) is 63.5 Å². The van der Waals surface area contributed by atoms with Crippen molar-refractivity contribution in [2.75, 3.05) is 0 Å². The molecule has 2 aromatic carbocycles. The third kappa shape index (κ3) is 2.68. The normalized spacial score (nSPS) is 13.0. The summed E-state index contributed by atoms with van der Waals surface area (Å²) < 4.78 is 12.1. The highest BCUT2D eigenvalue weighted by atomic mass is 16.5. The maximum Gasteiger partial charge on any atom is 0.331 e. The van der Waals surface area contributed by atoms with E-state index in [1.165, 1.54) is 0 Å². The molecule has 2 aromatic heterocycles. The monoisotopic (exact) mass is 346 g/mol. The van der Waals surface area contributed by atoms with E-state index in [1.54, 1.807) is 27.5 Å². The van der Waals surface area contributed by atoms with Gasteiger partial charge in [0.05, 0.1) is 16.7 Å². The maximum absolute atomic E-state index is 10.3. The van der Waals surface area contributed by atoms with E-state index in [-0.39, 0.29) is 0 Å². The van der Waals surface area contributed by atoms with E-state index in [1.807, 2.05) is 56.3 Å². The van der Waals surface area contributed by atoms with E-state index in [0.29, 0.717) is 0 Å². The minimum Gasteiger partial charge on any atom is -0.455 e. The summed E-state index contributed by atoms with van der Waals surface area (Å²) >= 11 is 0. The van der Waals surface area contributed by atoms with Crippen LogP contribution >= 0.6 is 0 Å². The van der Waals surface area contributed by atoms with Gasteiger partial charge in [0.1, 0.15) is 11.2 Å². The van der Waals surface area contributed by atoms with Crippen molar-refractivity contribution >= 4 is 45.8 Å². The molecule has 4 rings (SSSR count). The molecule has 0 aliphatic rings. The summed E-state index contributed by atoms with van der Waals surface area (Å²) in [7, 11) is 1.71. The minimum absolute atomic E-state index is 0.731. The second-order valence-corrected chi connectivity index (χ2v) is 7.64. The Kier molecular flexibility index (Phi) is 3.83. The molecule has 0 bridgehead atoms. The Morgan fingerprint density at radius 3 is 2.58 bits per heavy atom. The molecule has 5 heteroatoms. The number of benzene rings is 2. The highest BCUT2D eigenvalue weighted by Crippen LogP contribution is 2.32. The first-order valence-corrected chi connectivity index (χ1v) is 8.70. The Morgan fingerprint density at radius 1 is 1.00 bits per heavy atom. The molecule has 0 atom stereocenters. The number of hydrogen-bond acceptors (Lipinski definition) is 4. The summed E-state index contributed by atoms with van der Waals surface area (Å²) in [4.78, 5) is 4.40. The standard InChI is InChI=1S/C21H21BNO3/c1-20(2,24)21(3,4)26-22-15-8-5-9-17-18(15)14-10-11-16-13(19(14)25-17)7-6-12-23-16/h5-12,24H,1-4H3. The molecule has 26 heavy (non-hydrogen) atoms. The van der Waals surface area contributed by atoms with Gasteiger partial charge in [0.15, 0.2) is 0 Å². The first-order chi connectivity index (χ1) is 12.3. The van der Waals surface area contributed by atoms with Gasteiger partial charge >= 0.3 is 7.48 Å². The van der Waals surface area contributed by atoms with Gasteiger partial charge in [-0.2, -0.15) is 0 Å². The van der Waals surface area contributed by atoms with E-state index < -0.39 is 11.2 Å². The molecule has 4 aromatic rings. The molecule has 1 radical (unpaired) electrons. The quantitative estimate of drug-likeness (QED) is 0.569. The van der Waals surface area contributed by atoms with Crippen LogP contribution in [0.5, 0.6) is 0 Å². The molecular weight excluding hydrogens is 325 g/mol. The van der Waals surface area contributed by atoms with Gasteiger partial charge in [0, 0.05) is 22.4 Å². The lowest BCUT2D eigenvalue weighted by atomic mass is 9.80. The van der Waals surface area contributed by atoms with Gasteiger partial charge in [0.2, 0.25) is 0 Å². The molecule has 0 aliphatic heterocycles. The average molecular weight is 346 g/mol. The van der Waals surface area contributed by atoms with E-state index in [2.05, 4.69) is 4.98 Å². The summed E-state index contributed by atoms with van der Waals surface area (Å²) in [5, 5.41) is 13.3. The third-order valence-corrected chi connectivity index (χ3v) is 5.23. The van der Waals surface area contributed by atoms with Gasteiger partial charge in [-0.15, -0.1) is 0 Å². The first-order valence-electron chi connectivity index (χ1n) is 8.70. The van der Waals surface area contributed by atoms with Gasteiger partial charge in [-0.3, -0.25) is 4.98 Å². The second kappa shape index (κ2) is 5.83. The van der Waals surface area contributed by atoms with Crippen LogP contribution in [-0.4, -0.2) is 28.8 Å². The van der Waals surface area contributed by atoms with Crippen LogP contribution in [0.3, 0.4) is 0 Å². The number of hydrogen-bond donors (Lipinski definition) is 1. The largest absolute Gasteiger partial charge is 0.455 e. The van der Waals surface area contributed by atoms with E-state index in [9.17, 15) is 5.11 Å². The summed E-state index contributed by atoms with van der Waals surface area (Å²) in [6, 6.07) is 13.9. The summed E-state index contributed by atoms with van der Waals surface area (Å²) in [5.41, 5.74) is 1.75. The summed E-state index contributed by atoms with van der Waals surface area (Å²) in [6.45, 7) is 7.23. The Morgan fingerprint density at radius 2 is 1.81 bits per heavy atom. The Balaban J connectivity index is 1.85. The molecule has 1 N–H and O–H groups in total. The van der Waals surface area contributed by atoms with Gasteiger partial charge in [-0.1, -0.05) is 12.1 Å². The molecular formula is C21H21BNO3. The van der Waals surface area contributed by atoms with Crippen molar-refractivity contribution in [3.63, 3.8) is 0 Å². The molecule has 0 saturated carbocycles. The fourth-order valence-electron chi connectivity index (χ4n) is 2.92. The fraction of sp³-hybridized carbons (Fsp3) is 0.286. The topological polar surface area (TPSA) is 55.5 Å². The van der Waals surface area contributed by atoms with Crippen LogP contribution in [0.25, 0.3) is 32.8 Å². The minimum atomic E-state index is -0.974. The molecule has 0 unspecified atom stereocenters. The fourth-order valence-corrected chi connectivity index (χ4v) is 2.92. The number of aliphatic hydroxyl groups is 1. The number of nitrogens with zero attached hydrogens (tertiary/aromatic N) is 1. The highest BCUT2D eigenvalue weighted by molar-refractivity contribution is 6.53. The predicted molar refractivity (Wildman–Crippen MR) is 106 cm³/mol. The van der Waals surface area contributed by atoms with Crippen molar-refractivity contribution in [1.82, 2.24) is 4.98 Å². The zero-order valence-electron chi connectivity index (χ0n) is 15.4. The van der Waals surface area contributed by atoms with E-state index in [4.69, 9.17) is 9.07 Å². The van der Waals surface area contributed by atoms with Crippen molar-refractivity contribution in [2.24, 2.45) is 0 Å². The maximum atomic E-state index is 10.3. The van der Waals surface area contributed by atoms with Crippen molar-refractivity contribution in [2.45, 2.75) is 38.9 Å². The lowest BCUT2D eigenvalue weighted by Crippen LogP contribution is -2.49. The molecule has 0 aliphatic carbocycles. The molecule has 4 nitrogen and oxygen atoms in total. The summed E-state index contributed by atoms with van der Waals surface area (Å²) in [6.07, 6.45) is 1.78. The lowest BCUT2D eigenvalue weighted by Gasteiger charge is -2.37. The average Bonchev–Trinajstić information content (AvgIpc) is 2.98. The van der Waals surface area contributed by atoms with E-state index >= 15 is 0 Å². The Bertz CT molecular complexity index is 1110. The number of fused-ring (bicyclic) bond motifs is 5. The van der Waals surface area contributed by atoms with Crippen molar-refractivity contribution in [3.05, 3.63) is 48.7 Å². The molecule has 2 heterocycles. The van der Waals surface area contributed by atoms with E-state index in [0.717, 1.165) is 38.3 Å². The highest BCUT2D eigenvalue weighted by Gasteiger charge is 2.36. The van der Waals surface area contributed by atoms with Crippen LogP contribution in [0.1, 0.15) is 27.7 Å². The number of pyridine rings is 1. The van der Waals surface area contributed by atoms with Crippen LogP contribution in [0, 0.1) is 0 Å². The van der Waals surface area contributed by atoms with Gasteiger partial charge < -0.3 is 14.2 Å². The first kappa shape index (κ1) is 17.1. The number of aromatic nitrogens is 1. The van der Waals surface area contributed by atoms with Gasteiger partial charge in [0.25, 0.3) is 0 Å². The Hall–Kier alpha value is -2.37. The molecule has 0 fully saturated rings. The number of furan rings is 1. The van der Waals surface area contributed by atoms with Crippen LogP contribution in [0.4, 0.5) is 0 Å². The summed E-state index contributed by atoms with van der Waals surface area (Å²) in [5.74, 6) is 0. The van der Waals surface area contributed by atoms with Crippen LogP contribution < -0.4 is 5.46 Å². The zero-order chi connectivity index (χ0) is 18.5. The second-order valence-electron chi connectivity index (χ2n) is 7.64. The van der Waals surface area contributed by atoms with Crippen LogP contribution in [0.2, 0.25) is 0 Å². The van der Waals surface area contributed by atoms with Crippen molar-refractivity contribution in [1.29, 1.82) is 0 Å². The number of rotatable bonds is 4. The SMILES string of the molecule is CC(C)(O)C(C)(C)O[B]c1cccc2oc3c4cccnc4ccc3c12. The third-order valence-electron chi connectivity index (χ3n) is 5.23. The predicted octanol–water partition coefficient (Wildman–Crippen LogP) is 3.94.